The van der Waals surface area contributed by atoms with Crippen molar-refractivity contribution in [3.8, 4) is 0 Å². The lowest BCUT2D eigenvalue weighted by Gasteiger charge is -1.96. The van der Waals surface area contributed by atoms with Gasteiger partial charge < -0.3 is 5.73 Å². The van der Waals surface area contributed by atoms with Gasteiger partial charge in [0.1, 0.15) is 5.82 Å². The van der Waals surface area contributed by atoms with Gasteiger partial charge in [0.05, 0.1) is 6.54 Å². The van der Waals surface area contributed by atoms with E-state index >= 15 is 0 Å². The zero-order chi connectivity index (χ0) is 9.26. The van der Waals surface area contributed by atoms with Gasteiger partial charge in [0.2, 0.25) is 0 Å². The van der Waals surface area contributed by atoms with Crippen molar-refractivity contribution in [2.45, 2.75) is 13.5 Å². The Morgan fingerprint density at radius 2 is 2.46 bits per heavy atom. The van der Waals surface area contributed by atoms with Crippen LogP contribution in [0.3, 0.4) is 0 Å². The fourth-order valence-corrected chi connectivity index (χ4v) is 1.85. The number of hydrogen-bond donors (Lipinski definition) is 1. The maximum atomic E-state index is 5.64. The lowest BCUT2D eigenvalue weighted by Crippen LogP contribution is -1.99. The number of nitrogens with zero attached hydrogens (tertiary/aromatic N) is 2. The van der Waals surface area contributed by atoms with Crippen molar-refractivity contribution in [1.29, 1.82) is 0 Å². The zero-order valence-corrected chi connectivity index (χ0v) is 8.21. The summed E-state index contributed by atoms with van der Waals surface area (Å²) >= 11 is 1.70. The molecule has 0 aliphatic heterocycles. The van der Waals surface area contributed by atoms with Gasteiger partial charge in [0.25, 0.3) is 0 Å². The van der Waals surface area contributed by atoms with E-state index in [2.05, 4.69) is 21.9 Å². The van der Waals surface area contributed by atoms with E-state index in [9.17, 15) is 0 Å². The van der Waals surface area contributed by atoms with Crippen LogP contribution in [0, 0.1) is 6.92 Å². The molecule has 0 atom stereocenters. The lowest BCUT2D eigenvalue weighted by atomic mass is 10.3. The second-order valence-corrected chi connectivity index (χ2v) is 3.81. The van der Waals surface area contributed by atoms with E-state index in [-0.39, 0.29) is 0 Å². The molecule has 0 aliphatic carbocycles. The number of anilines is 1. The molecular weight excluding hydrogens is 182 g/mol. The molecule has 0 aliphatic rings. The summed E-state index contributed by atoms with van der Waals surface area (Å²) in [4.78, 5) is 0. The maximum absolute atomic E-state index is 5.64. The van der Waals surface area contributed by atoms with Crippen LogP contribution in [0.5, 0.6) is 0 Å². The van der Waals surface area contributed by atoms with Crippen LogP contribution in [0.2, 0.25) is 0 Å². The monoisotopic (exact) mass is 193 g/mol. The first kappa shape index (κ1) is 8.31. The van der Waals surface area contributed by atoms with E-state index in [0.29, 0.717) is 5.82 Å². The molecule has 0 fully saturated rings. The molecule has 0 bridgehead atoms. The highest BCUT2D eigenvalue weighted by Crippen LogP contribution is 2.11. The molecule has 0 aromatic carbocycles. The third-order valence-electron chi connectivity index (χ3n) is 1.91. The minimum absolute atomic E-state index is 0.621. The van der Waals surface area contributed by atoms with Gasteiger partial charge in [-0.1, -0.05) is 0 Å². The summed E-state index contributed by atoms with van der Waals surface area (Å²) < 4.78 is 1.87. The highest BCUT2D eigenvalue weighted by atomic mass is 32.1. The summed E-state index contributed by atoms with van der Waals surface area (Å²) in [5, 5.41) is 8.37. The van der Waals surface area contributed by atoms with E-state index in [1.165, 1.54) is 5.56 Å². The van der Waals surface area contributed by atoms with Gasteiger partial charge in [-0.25, -0.2) is 0 Å². The van der Waals surface area contributed by atoms with Crippen LogP contribution < -0.4 is 5.73 Å². The molecular formula is C9H11N3S. The van der Waals surface area contributed by atoms with Crippen molar-refractivity contribution in [3.63, 3.8) is 0 Å². The van der Waals surface area contributed by atoms with E-state index < -0.39 is 0 Å². The molecule has 2 aromatic heterocycles. The minimum Gasteiger partial charge on any atom is -0.382 e. The molecule has 0 saturated heterocycles. The Morgan fingerprint density at radius 3 is 3.00 bits per heavy atom. The third-order valence-corrected chi connectivity index (χ3v) is 2.64. The molecule has 2 aromatic rings. The highest BCUT2D eigenvalue weighted by molar-refractivity contribution is 7.07. The maximum Gasteiger partial charge on any atom is 0.148 e. The average Bonchev–Trinajstić information content (AvgIpc) is 2.64. The van der Waals surface area contributed by atoms with Crippen molar-refractivity contribution < 1.29 is 0 Å². The number of aryl methyl sites for hydroxylation is 1. The first-order valence-electron chi connectivity index (χ1n) is 4.06. The number of aromatic nitrogens is 2. The third kappa shape index (κ3) is 1.72. The molecule has 68 valence electrons. The Kier molecular flexibility index (Phi) is 2.06. The van der Waals surface area contributed by atoms with E-state index in [0.717, 1.165) is 12.1 Å². The van der Waals surface area contributed by atoms with Crippen molar-refractivity contribution in [3.05, 3.63) is 34.2 Å². The quantitative estimate of drug-likeness (QED) is 0.791. The van der Waals surface area contributed by atoms with E-state index in [1.807, 2.05) is 17.8 Å². The lowest BCUT2D eigenvalue weighted by molar-refractivity contribution is 0.691. The molecule has 0 saturated carbocycles. The Bertz CT molecular complexity index is 369. The number of nitrogen functional groups attached to an aromatic ring is 1. The summed E-state index contributed by atoms with van der Waals surface area (Å²) in [5.74, 6) is 0.621. The summed E-state index contributed by atoms with van der Waals surface area (Å²) in [6, 6.07) is 2.10. The van der Waals surface area contributed by atoms with Gasteiger partial charge in [-0.3, -0.25) is 4.68 Å². The van der Waals surface area contributed by atoms with Crippen molar-refractivity contribution in [2.24, 2.45) is 0 Å². The number of thiophene rings is 1. The zero-order valence-electron chi connectivity index (χ0n) is 7.40. The van der Waals surface area contributed by atoms with E-state index in [1.54, 1.807) is 11.3 Å². The highest BCUT2D eigenvalue weighted by Gasteiger charge is 2.01. The minimum atomic E-state index is 0.621. The molecule has 4 heteroatoms. The van der Waals surface area contributed by atoms with Crippen LogP contribution >= 0.6 is 11.3 Å². The van der Waals surface area contributed by atoms with Crippen LogP contribution in [0.25, 0.3) is 0 Å². The van der Waals surface area contributed by atoms with Crippen LogP contribution in [-0.2, 0) is 6.54 Å². The molecule has 2 N–H and O–H groups in total. The molecule has 0 amide bonds. The first-order valence-corrected chi connectivity index (χ1v) is 5.00. The van der Waals surface area contributed by atoms with Gasteiger partial charge in [0, 0.05) is 11.8 Å². The van der Waals surface area contributed by atoms with Crippen molar-refractivity contribution >= 4 is 17.2 Å². The van der Waals surface area contributed by atoms with Crippen LogP contribution in [0.15, 0.2) is 23.0 Å². The standard InChI is InChI=1S/C9H11N3S/c1-7-4-12(11-9(7)10)5-8-2-3-13-6-8/h2-4,6H,5H2,1H3,(H2,10,11). The SMILES string of the molecule is Cc1cn(Cc2ccsc2)nc1N. The average molecular weight is 193 g/mol. The Hall–Kier alpha value is -1.29. The van der Waals surface area contributed by atoms with Gasteiger partial charge in [-0.2, -0.15) is 16.4 Å². The smallest absolute Gasteiger partial charge is 0.148 e. The first-order chi connectivity index (χ1) is 6.25. The molecule has 3 nitrogen and oxygen atoms in total. The molecule has 0 spiro atoms. The second-order valence-electron chi connectivity index (χ2n) is 3.03. The Morgan fingerprint density at radius 1 is 1.62 bits per heavy atom. The predicted molar refractivity (Wildman–Crippen MR) is 54.8 cm³/mol. The Balaban J connectivity index is 2.19. The van der Waals surface area contributed by atoms with Gasteiger partial charge >= 0.3 is 0 Å². The largest absolute Gasteiger partial charge is 0.382 e. The van der Waals surface area contributed by atoms with Gasteiger partial charge in [0.15, 0.2) is 0 Å². The molecule has 2 heterocycles. The number of nitrogens with two attached hydrogens (primary N) is 1. The number of rotatable bonds is 2. The normalized spacial score (nSPS) is 10.5. The molecule has 0 unspecified atom stereocenters. The van der Waals surface area contributed by atoms with Crippen molar-refractivity contribution in [1.82, 2.24) is 9.78 Å². The predicted octanol–water partition coefficient (Wildman–Crippen LogP) is 1.88. The fourth-order valence-electron chi connectivity index (χ4n) is 1.19. The van der Waals surface area contributed by atoms with Gasteiger partial charge in [-0.15, -0.1) is 0 Å². The Labute approximate surface area is 80.8 Å². The second kappa shape index (κ2) is 3.22. The molecule has 2 rings (SSSR count). The van der Waals surface area contributed by atoms with Crippen LogP contribution in [0.1, 0.15) is 11.1 Å². The van der Waals surface area contributed by atoms with Crippen LogP contribution in [-0.4, -0.2) is 9.78 Å². The van der Waals surface area contributed by atoms with Crippen molar-refractivity contribution in [2.75, 3.05) is 5.73 Å². The topological polar surface area (TPSA) is 43.8 Å². The van der Waals surface area contributed by atoms with E-state index in [4.69, 9.17) is 5.73 Å². The summed E-state index contributed by atoms with van der Waals surface area (Å²) in [6.45, 7) is 2.77. The summed E-state index contributed by atoms with van der Waals surface area (Å²) in [5.41, 5.74) is 7.95. The summed E-state index contributed by atoms with van der Waals surface area (Å²) in [6.07, 6.45) is 1.97. The molecule has 0 radical (unpaired) electrons. The van der Waals surface area contributed by atoms with Gasteiger partial charge in [-0.05, 0) is 29.3 Å². The molecule has 13 heavy (non-hydrogen) atoms. The number of hydrogen-bond acceptors (Lipinski definition) is 3. The van der Waals surface area contributed by atoms with Crippen LogP contribution in [0.4, 0.5) is 5.82 Å². The fraction of sp³-hybridized carbons (Fsp3) is 0.222. The summed E-state index contributed by atoms with van der Waals surface area (Å²) in [7, 11) is 0.